The first-order valence-electron chi connectivity index (χ1n) is 8.49. The minimum absolute atomic E-state index is 0.235. The van der Waals surface area contributed by atoms with E-state index in [1.165, 1.54) is 11.0 Å². The lowest BCUT2D eigenvalue weighted by atomic mass is 9.97. The monoisotopic (exact) mass is 342 g/mol. The van der Waals surface area contributed by atoms with Gasteiger partial charge in [0, 0.05) is 6.54 Å². The van der Waals surface area contributed by atoms with Crippen molar-refractivity contribution in [2.24, 2.45) is 5.73 Å². The number of anilines is 1. The quantitative estimate of drug-likeness (QED) is 0.929. The van der Waals surface area contributed by atoms with Crippen LogP contribution in [0.1, 0.15) is 23.1 Å². The van der Waals surface area contributed by atoms with E-state index in [1.807, 2.05) is 31.2 Å². The average molecular weight is 342 g/mol. The Balaban J connectivity index is 1.80. The first kappa shape index (κ1) is 17.4. The number of para-hydroxylation sites is 1. The van der Waals surface area contributed by atoms with Gasteiger partial charge in [0.25, 0.3) is 0 Å². The van der Waals surface area contributed by atoms with E-state index in [1.54, 1.807) is 13.2 Å². The summed E-state index contributed by atoms with van der Waals surface area (Å²) in [6, 6.07) is 9.94. The number of rotatable bonds is 4. The summed E-state index contributed by atoms with van der Waals surface area (Å²) in [4.78, 5) is 14.4. The third-order valence-electron chi connectivity index (χ3n) is 4.74. The minimum Gasteiger partial charge on any atom is -0.497 e. The van der Waals surface area contributed by atoms with Crippen LogP contribution >= 0.6 is 0 Å². The van der Waals surface area contributed by atoms with Gasteiger partial charge in [0.15, 0.2) is 0 Å². The van der Waals surface area contributed by atoms with E-state index in [2.05, 4.69) is 0 Å². The molecule has 0 radical (unpaired) electrons. The van der Waals surface area contributed by atoms with Crippen LogP contribution in [-0.2, 0) is 17.6 Å². The molecule has 2 aromatic rings. The lowest BCUT2D eigenvalue weighted by Crippen LogP contribution is -2.47. The van der Waals surface area contributed by atoms with Crippen LogP contribution < -0.4 is 15.4 Å². The van der Waals surface area contributed by atoms with E-state index in [-0.39, 0.29) is 11.7 Å². The van der Waals surface area contributed by atoms with Gasteiger partial charge in [-0.1, -0.05) is 18.2 Å². The lowest BCUT2D eigenvalue weighted by molar-refractivity contribution is -0.119. The Morgan fingerprint density at radius 2 is 2.16 bits per heavy atom. The number of methoxy groups -OCH3 is 1. The van der Waals surface area contributed by atoms with Crippen molar-refractivity contribution >= 4 is 11.6 Å². The maximum Gasteiger partial charge on any atom is 0.244 e. The van der Waals surface area contributed by atoms with E-state index >= 15 is 0 Å². The number of aryl methyl sites for hydroxylation is 2. The molecule has 132 valence electrons. The smallest absolute Gasteiger partial charge is 0.244 e. The van der Waals surface area contributed by atoms with Crippen LogP contribution in [0, 0.1) is 12.7 Å². The fourth-order valence-electron chi connectivity index (χ4n) is 3.37. The van der Waals surface area contributed by atoms with Gasteiger partial charge >= 0.3 is 0 Å². The van der Waals surface area contributed by atoms with Crippen molar-refractivity contribution in [2.75, 3.05) is 18.6 Å². The SMILES string of the molecule is COc1ccc(C[C@H](N)C(=O)N2CCCc3cccc(F)c32)c(C)c1. The van der Waals surface area contributed by atoms with Gasteiger partial charge in [0.1, 0.15) is 11.6 Å². The lowest BCUT2D eigenvalue weighted by Gasteiger charge is -2.31. The second-order valence-electron chi connectivity index (χ2n) is 6.44. The molecule has 0 unspecified atom stereocenters. The molecule has 1 atom stereocenters. The molecule has 0 saturated carbocycles. The van der Waals surface area contributed by atoms with Crippen molar-refractivity contribution in [3.8, 4) is 5.75 Å². The zero-order valence-electron chi connectivity index (χ0n) is 14.6. The van der Waals surface area contributed by atoms with Gasteiger partial charge in [-0.15, -0.1) is 0 Å². The largest absolute Gasteiger partial charge is 0.497 e. The fraction of sp³-hybridized carbons (Fsp3) is 0.350. The van der Waals surface area contributed by atoms with Crippen molar-refractivity contribution < 1.29 is 13.9 Å². The number of hydrogen-bond donors (Lipinski definition) is 1. The standard InChI is InChI=1S/C20H23FN2O2/c1-13-11-16(25-2)9-8-15(13)12-18(22)20(24)23-10-4-6-14-5-3-7-17(21)19(14)23/h3,5,7-9,11,18H,4,6,10,12,22H2,1-2H3/t18-/m0/s1. The maximum atomic E-state index is 14.3. The first-order valence-corrected chi connectivity index (χ1v) is 8.49. The van der Waals surface area contributed by atoms with Crippen molar-refractivity contribution in [1.82, 2.24) is 0 Å². The molecule has 25 heavy (non-hydrogen) atoms. The predicted octanol–water partition coefficient (Wildman–Crippen LogP) is 2.99. The van der Waals surface area contributed by atoms with Crippen molar-refractivity contribution in [2.45, 2.75) is 32.2 Å². The molecule has 0 saturated heterocycles. The summed E-state index contributed by atoms with van der Waals surface area (Å²) in [5, 5.41) is 0. The molecule has 3 rings (SSSR count). The molecule has 2 aromatic carbocycles. The number of hydrogen-bond acceptors (Lipinski definition) is 3. The fourth-order valence-corrected chi connectivity index (χ4v) is 3.37. The highest BCUT2D eigenvalue weighted by atomic mass is 19.1. The van der Waals surface area contributed by atoms with Crippen LogP contribution in [0.4, 0.5) is 10.1 Å². The minimum atomic E-state index is -0.711. The van der Waals surface area contributed by atoms with Crippen LogP contribution in [0.2, 0.25) is 0 Å². The number of fused-ring (bicyclic) bond motifs is 1. The zero-order valence-corrected chi connectivity index (χ0v) is 14.6. The van der Waals surface area contributed by atoms with Crippen LogP contribution in [0.15, 0.2) is 36.4 Å². The van der Waals surface area contributed by atoms with Crippen LogP contribution in [0.5, 0.6) is 5.75 Å². The number of nitrogens with zero attached hydrogens (tertiary/aromatic N) is 1. The van der Waals surface area contributed by atoms with Gasteiger partial charge in [-0.25, -0.2) is 4.39 Å². The van der Waals surface area contributed by atoms with E-state index in [0.29, 0.717) is 18.7 Å². The number of carbonyl (C=O) groups is 1. The molecule has 1 aliphatic rings. The highest BCUT2D eigenvalue weighted by Crippen LogP contribution is 2.30. The molecule has 4 nitrogen and oxygen atoms in total. The third-order valence-corrected chi connectivity index (χ3v) is 4.74. The Bertz CT molecular complexity index is 791. The van der Waals surface area contributed by atoms with Crippen molar-refractivity contribution in [3.05, 3.63) is 58.9 Å². The second kappa shape index (κ2) is 7.23. The van der Waals surface area contributed by atoms with E-state index < -0.39 is 6.04 Å². The highest BCUT2D eigenvalue weighted by Gasteiger charge is 2.29. The topological polar surface area (TPSA) is 55.6 Å². The van der Waals surface area contributed by atoms with E-state index in [4.69, 9.17) is 10.5 Å². The summed E-state index contributed by atoms with van der Waals surface area (Å²) < 4.78 is 19.5. The number of amides is 1. The molecule has 0 spiro atoms. The number of carbonyl (C=O) groups excluding carboxylic acids is 1. The summed E-state index contributed by atoms with van der Waals surface area (Å²) in [6.45, 7) is 2.47. The second-order valence-corrected chi connectivity index (χ2v) is 6.44. The zero-order chi connectivity index (χ0) is 18.0. The summed E-state index contributed by atoms with van der Waals surface area (Å²) in [5.74, 6) is 0.174. The van der Waals surface area contributed by atoms with Gasteiger partial charge < -0.3 is 15.4 Å². The Morgan fingerprint density at radius 3 is 2.88 bits per heavy atom. The van der Waals surface area contributed by atoms with Gasteiger partial charge in [-0.05, 0) is 61.1 Å². The number of benzene rings is 2. The van der Waals surface area contributed by atoms with Gasteiger partial charge in [0.2, 0.25) is 5.91 Å². The van der Waals surface area contributed by atoms with Gasteiger partial charge in [0.05, 0.1) is 18.8 Å². The maximum absolute atomic E-state index is 14.3. The van der Waals surface area contributed by atoms with Crippen LogP contribution in [0.3, 0.4) is 0 Å². The van der Waals surface area contributed by atoms with Gasteiger partial charge in [-0.2, -0.15) is 0 Å². The number of halogens is 1. The Hall–Kier alpha value is -2.40. The Labute approximate surface area is 147 Å². The Morgan fingerprint density at radius 1 is 1.36 bits per heavy atom. The van der Waals surface area contributed by atoms with Crippen molar-refractivity contribution in [1.29, 1.82) is 0 Å². The predicted molar refractivity (Wildman–Crippen MR) is 96.5 cm³/mol. The highest BCUT2D eigenvalue weighted by molar-refractivity contribution is 5.98. The first-order chi connectivity index (χ1) is 12.0. The summed E-state index contributed by atoms with van der Waals surface area (Å²) in [5.41, 5.74) is 9.45. The Kier molecular flexibility index (Phi) is 5.04. The molecule has 0 fully saturated rings. The van der Waals surface area contributed by atoms with E-state index in [9.17, 15) is 9.18 Å². The molecule has 5 heteroatoms. The number of nitrogens with two attached hydrogens (primary N) is 1. The molecular weight excluding hydrogens is 319 g/mol. The molecule has 0 aromatic heterocycles. The summed E-state index contributed by atoms with van der Waals surface area (Å²) >= 11 is 0. The van der Waals surface area contributed by atoms with E-state index in [0.717, 1.165) is 35.3 Å². The number of ether oxygens (including phenoxy) is 1. The molecule has 2 N–H and O–H groups in total. The van der Waals surface area contributed by atoms with Crippen molar-refractivity contribution in [3.63, 3.8) is 0 Å². The molecule has 1 aliphatic heterocycles. The summed E-state index contributed by atoms with van der Waals surface area (Å²) in [7, 11) is 1.62. The molecule has 1 amide bonds. The van der Waals surface area contributed by atoms with Crippen LogP contribution in [-0.4, -0.2) is 25.6 Å². The van der Waals surface area contributed by atoms with Crippen LogP contribution in [0.25, 0.3) is 0 Å². The average Bonchev–Trinajstić information content (AvgIpc) is 2.62. The normalized spacial score (nSPS) is 14.8. The van der Waals surface area contributed by atoms with Gasteiger partial charge in [-0.3, -0.25) is 4.79 Å². The molecular formula is C20H23FN2O2. The third kappa shape index (κ3) is 3.51. The summed E-state index contributed by atoms with van der Waals surface area (Å²) in [6.07, 6.45) is 2.01. The molecule has 0 bridgehead atoms. The molecule has 1 heterocycles. The molecule has 0 aliphatic carbocycles.